The van der Waals surface area contributed by atoms with Crippen LogP contribution in [0.4, 0.5) is 0 Å². The summed E-state index contributed by atoms with van der Waals surface area (Å²) in [5.41, 5.74) is 0. The number of hydrogen-bond acceptors (Lipinski definition) is 4. The summed E-state index contributed by atoms with van der Waals surface area (Å²) in [5.74, 6) is 5.05. The molecule has 0 aliphatic carbocycles. The Morgan fingerprint density at radius 1 is 1.67 bits per heavy atom. The van der Waals surface area contributed by atoms with Gasteiger partial charge in [0.05, 0.1) is 8.55 Å². The van der Waals surface area contributed by atoms with Crippen molar-refractivity contribution in [2.45, 2.75) is 4.21 Å². The van der Waals surface area contributed by atoms with Crippen molar-refractivity contribution in [1.82, 2.24) is 4.83 Å². The molecule has 1 aromatic heterocycles. The van der Waals surface area contributed by atoms with Crippen molar-refractivity contribution in [2.24, 2.45) is 5.84 Å². The van der Waals surface area contributed by atoms with Gasteiger partial charge in [0.15, 0.2) is 0 Å². The maximum absolute atomic E-state index is 5.63. The maximum atomic E-state index is 5.63. The predicted octanol–water partition coefficient (Wildman–Crippen LogP) is 1.87. The molecule has 0 bridgehead atoms. The van der Waals surface area contributed by atoms with E-state index in [0.29, 0.717) is 0 Å². The first-order valence-electron chi connectivity index (χ1n) is 2.20. The molecule has 1 rings (SSSR count). The largest absolute Gasteiger partial charge is 0.261 e. The van der Waals surface area contributed by atoms with Gasteiger partial charge in [-0.15, -0.1) is 11.3 Å². The molecule has 0 saturated carbocycles. The van der Waals surface area contributed by atoms with Gasteiger partial charge in [0.25, 0.3) is 0 Å². The first kappa shape index (κ1) is 7.37. The fourth-order valence-electron chi connectivity index (χ4n) is 0.411. The molecular weight excluding hydrogens is 176 g/mol. The van der Waals surface area contributed by atoms with Crippen LogP contribution in [0.1, 0.15) is 0 Å². The second-order valence-electron chi connectivity index (χ2n) is 1.28. The molecule has 9 heavy (non-hydrogen) atoms. The quantitative estimate of drug-likeness (QED) is 0.415. The molecule has 0 aliphatic rings. The zero-order valence-electron chi connectivity index (χ0n) is 4.43. The molecule has 0 aromatic carbocycles. The zero-order valence-corrected chi connectivity index (χ0v) is 6.82. The summed E-state index contributed by atoms with van der Waals surface area (Å²) in [5, 5.41) is 0. The van der Waals surface area contributed by atoms with E-state index in [-0.39, 0.29) is 0 Å². The Kier molecular flexibility index (Phi) is 2.81. The molecule has 0 atom stereocenters. The molecule has 50 valence electrons. The number of nitrogens with one attached hydrogen (secondary N) is 1. The topological polar surface area (TPSA) is 38.0 Å². The van der Waals surface area contributed by atoms with E-state index >= 15 is 0 Å². The maximum Gasteiger partial charge on any atom is 0.0940 e. The van der Waals surface area contributed by atoms with Crippen molar-refractivity contribution in [2.75, 3.05) is 0 Å². The fraction of sp³-hybridized carbons (Fsp3) is 0. The van der Waals surface area contributed by atoms with E-state index in [0.717, 1.165) is 8.55 Å². The van der Waals surface area contributed by atoms with Gasteiger partial charge in [0.2, 0.25) is 0 Å². The van der Waals surface area contributed by atoms with Crippen LogP contribution in [0.2, 0.25) is 4.34 Å². The fourth-order valence-corrected chi connectivity index (χ4v) is 2.16. The average Bonchev–Trinajstić information content (AvgIpc) is 2.17. The van der Waals surface area contributed by atoms with Crippen molar-refractivity contribution >= 4 is 34.9 Å². The summed E-state index contributed by atoms with van der Waals surface area (Å²) in [6, 6.07) is 3.75. The second-order valence-corrected chi connectivity index (χ2v) is 4.13. The first-order chi connectivity index (χ1) is 4.33. The van der Waals surface area contributed by atoms with Crippen molar-refractivity contribution in [3.05, 3.63) is 16.5 Å². The van der Waals surface area contributed by atoms with Crippen LogP contribution in [0.25, 0.3) is 0 Å². The Balaban J connectivity index is 2.61. The van der Waals surface area contributed by atoms with Gasteiger partial charge in [-0.2, -0.15) is 4.83 Å². The zero-order chi connectivity index (χ0) is 6.69. The van der Waals surface area contributed by atoms with Crippen LogP contribution in [-0.4, -0.2) is 0 Å². The molecular formula is C4H5ClN2S2. The lowest BCUT2D eigenvalue weighted by Gasteiger charge is -1.88. The van der Waals surface area contributed by atoms with E-state index in [2.05, 4.69) is 4.83 Å². The van der Waals surface area contributed by atoms with Crippen LogP contribution in [0.5, 0.6) is 0 Å². The summed E-state index contributed by atoms with van der Waals surface area (Å²) in [7, 11) is 0. The standard InChI is InChI=1S/C4H5ClN2S2/c5-3-1-2-4(8-3)9-7-6/h1-2,7H,6H2. The van der Waals surface area contributed by atoms with E-state index in [1.54, 1.807) is 0 Å². The van der Waals surface area contributed by atoms with Gasteiger partial charge in [0, 0.05) is 0 Å². The summed E-state index contributed by atoms with van der Waals surface area (Å²) in [4.78, 5) is 2.47. The highest BCUT2D eigenvalue weighted by Gasteiger charge is 1.94. The van der Waals surface area contributed by atoms with Gasteiger partial charge in [-0.3, -0.25) is 5.84 Å². The lowest BCUT2D eigenvalue weighted by Crippen LogP contribution is -2.10. The minimum Gasteiger partial charge on any atom is -0.261 e. The number of rotatable bonds is 2. The van der Waals surface area contributed by atoms with Gasteiger partial charge in [-0.05, 0) is 24.1 Å². The van der Waals surface area contributed by atoms with E-state index in [9.17, 15) is 0 Å². The van der Waals surface area contributed by atoms with E-state index in [4.69, 9.17) is 17.4 Å². The van der Waals surface area contributed by atoms with Crippen LogP contribution in [0.15, 0.2) is 16.3 Å². The molecule has 0 fully saturated rings. The Hall–Kier alpha value is 0.260. The normalized spacial score (nSPS) is 10.0. The monoisotopic (exact) mass is 180 g/mol. The molecule has 5 heteroatoms. The van der Waals surface area contributed by atoms with E-state index in [1.165, 1.54) is 23.3 Å². The second kappa shape index (κ2) is 3.43. The highest BCUT2D eigenvalue weighted by Crippen LogP contribution is 2.27. The smallest absolute Gasteiger partial charge is 0.0940 e. The summed E-state index contributed by atoms with van der Waals surface area (Å²) < 4.78 is 1.86. The van der Waals surface area contributed by atoms with Crippen LogP contribution in [0.3, 0.4) is 0 Å². The van der Waals surface area contributed by atoms with Gasteiger partial charge >= 0.3 is 0 Å². The highest BCUT2D eigenvalue weighted by atomic mass is 35.5. The molecule has 0 radical (unpaired) electrons. The minimum absolute atomic E-state index is 0.785. The summed E-state index contributed by atoms with van der Waals surface area (Å²) in [6.45, 7) is 0. The Labute approximate surface area is 66.5 Å². The van der Waals surface area contributed by atoms with Gasteiger partial charge in [0.1, 0.15) is 0 Å². The van der Waals surface area contributed by atoms with Gasteiger partial charge in [-0.1, -0.05) is 11.6 Å². The molecule has 0 spiro atoms. The molecule has 1 heterocycles. The molecule has 0 saturated heterocycles. The van der Waals surface area contributed by atoms with Gasteiger partial charge in [-0.25, -0.2) is 0 Å². The highest BCUT2D eigenvalue weighted by molar-refractivity contribution is 7.99. The lowest BCUT2D eigenvalue weighted by atomic mass is 10.7. The predicted molar refractivity (Wildman–Crippen MR) is 42.5 cm³/mol. The minimum atomic E-state index is 0.785. The molecule has 0 aliphatic heterocycles. The van der Waals surface area contributed by atoms with Gasteiger partial charge < -0.3 is 0 Å². The van der Waals surface area contributed by atoms with Crippen molar-refractivity contribution < 1.29 is 0 Å². The number of hydrogen-bond donors (Lipinski definition) is 2. The third-order valence-corrected chi connectivity index (χ3v) is 2.69. The molecule has 1 aromatic rings. The first-order valence-corrected chi connectivity index (χ1v) is 4.22. The van der Waals surface area contributed by atoms with Crippen molar-refractivity contribution in [1.29, 1.82) is 0 Å². The Morgan fingerprint density at radius 2 is 2.44 bits per heavy atom. The lowest BCUT2D eigenvalue weighted by molar-refractivity contribution is 1.12. The van der Waals surface area contributed by atoms with E-state index in [1.807, 2.05) is 12.1 Å². The SMILES string of the molecule is NNSc1ccc(Cl)s1. The Morgan fingerprint density at radius 3 is 2.89 bits per heavy atom. The van der Waals surface area contributed by atoms with Crippen LogP contribution in [0, 0.1) is 0 Å². The molecule has 0 amide bonds. The van der Waals surface area contributed by atoms with Crippen molar-refractivity contribution in [3.8, 4) is 0 Å². The number of thiophene rings is 1. The molecule has 3 N–H and O–H groups in total. The van der Waals surface area contributed by atoms with Crippen LogP contribution >= 0.6 is 34.9 Å². The number of nitrogens with two attached hydrogens (primary N) is 1. The third kappa shape index (κ3) is 2.15. The Bertz CT molecular complexity index is 188. The third-order valence-electron chi connectivity index (χ3n) is 0.708. The number of halogens is 1. The summed E-state index contributed by atoms with van der Waals surface area (Å²) >= 11 is 8.49. The van der Waals surface area contributed by atoms with Crippen LogP contribution in [-0.2, 0) is 0 Å². The molecule has 2 nitrogen and oxygen atoms in total. The average molecular weight is 181 g/mol. The molecule has 0 unspecified atom stereocenters. The number of hydrazine groups is 1. The van der Waals surface area contributed by atoms with E-state index < -0.39 is 0 Å². The van der Waals surface area contributed by atoms with Crippen LogP contribution < -0.4 is 10.7 Å². The summed E-state index contributed by atoms with van der Waals surface area (Å²) in [6.07, 6.45) is 0. The van der Waals surface area contributed by atoms with Crippen molar-refractivity contribution in [3.63, 3.8) is 0 Å².